The van der Waals surface area contributed by atoms with Gasteiger partial charge in [0.15, 0.2) is 0 Å². The molecule has 0 fully saturated rings. The first-order chi connectivity index (χ1) is 8.90. The van der Waals surface area contributed by atoms with Gasteiger partial charge < -0.3 is 5.11 Å². The molecule has 19 heavy (non-hydrogen) atoms. The van der Waals surface area contributed by atoms with Crippen molar-refractivity contribution in [1.82, 2.24) is 0 Å². The molecule has 0 heterocycles. The molecule has 1 unspecified atom stereocenters. The highest BCUT2D eigenvalue weighted by atomic mass is 79.9. The lowest BCUT2D eigenvalue weighted by molar-refractivity contribution is 0.213. The van der Waals surface area contributed by atoms with Gasteiger partial charge in [0, 0.05) is 15.6 Å². The minimum atomic E-state index is -1.20. The molecule has 0 saturated heterocycles. The first-order valence-corrected chi connectivity index (χ1v) is 6.59. The summed E-state index contributed by atoms with van der Waals surface area (Å²) in [4.78, 5) is 0. The summed E-state index contributed by atoms with van der Waals surface area (Å²) < 4.78 is 27.8. The highest BCUT2D eigenvalue weighted by Gasteiger charge is 2.20. The molecule has 0 amide bonds. The Morgan fingerprint density at radius 3 is 2.42 bits per heavy atom. The largest absolute Gasteiger partial charge is 0.383 e. The molecule has 0 aromatic heterocycles. The van der Waals surface area contributed by atoms with Crippen LogP contribution in [0.3, 0.4) is 0 Å². The van der Waals surface area contributed by atoms with Crippen LogP contribution in [0.25, 0.3) is 0 Å². The summed E-state index contributed by atoms with van der Waals surface area (Å²) in [6, 6.07) is 7.12. The van der Waals surface area contributed by atoms with Gasteiger partial charge in [0.05, 0.1) is 0 Å². The topological polar surface area (TPSA) is 20.2 Å². The number of rotatable bonds is 2. The molecule has 4 heteroatoms. The molecular weight excluding hydrogens is 314 g/mol. The van der Waals surface area contributed by atoms with E-state index in [0.717, 1.165) is 5.56 Å². The second-order valence-electron chi connectivity index (χ2n) is 4.55. The van der Waals surface area contributed by atoms with Crippen LogP contribution in [0.4, 0.5) is 8.78 Å². The number of benzene rings is 2. The fourth-order valence-electron chi connectivity index (χ4n) is 2.15. The molecule has 0 radical (unpaired) electrons. The normalized spacial score (nSPS) is 12.5. The molecule has 2 aromatic carbocycles. The van der Waals surface area contributed by atoms with Crippen molar-refractivity contribution in [2.45, 2.75) is 20.0 Å². The lowest BCUT2D eigenvalue weighted by Crippen LogP contribution is -2.07. The average Bonchev–Trinajstić information content (AvgIpc) is 2.30. The van der Waals surface area contributed by atoms with Crippen molar-refractivity contribution in [1.29, 1.82) is 0 Å². The van der Waals surface area contributed by atoms with E-state index in [1.54, 1.807) is 19.9 Å². The van der Waals surface area contributed by atoms with Crippen molar-refractivity contribution in [3.8, 4) is 0 Å². The van der Waals surface area contributed by atoms with Crippen LogP contribution in [0.5, 0.6) is 0 Å². The summed E-state index contributed by atoms with van der Waals surface area (Å²) in [5.74, 6) is -0.955. The van der Waals surface area contributed by atoms with Gasteiger partial charge in [-0.1, -0.05) is 22.0 Å². The van der Waals surface area contributed by atoms with E-state index in [0.29, 0.717) is 15.6 Å². The van der Waals surface area contributed by atoms with E-state index < -0.39 is 17.7 Å². The van der Waals surface area contributed by atoms with E-state index in [9.17, 15) is 13.9 Å². The lowest BCUT2D eigenvalue weighted by Gasteiger charge is -2.17. The standard InChI is InChI=1S/C15H13BrF2O/c1-8-5-9(2)14(13(18)6-8)15(19)11-7-10(17)3-4-12(11)16/h3-7,15,19H,1-2H3. The summed E-state index contributed by atoms with van der Waals surface area (Å²) in [6.45, 7) is 3.51. The smallest absolute Gasteiger partial charge is 0.129 e. The second-order valence-corrected chi connectivity index (χ2v) is 5.40. The fraction of sp³-hybridized carbons (Fsp3) is 0.200. The van der Waals surface area contributed by atoms with Crippen molar-refractivity contribution in [2.24, 2.45) is 0 Å². The van der Waals surface area contributed by atoms with Crippen LogP contribution in [0, 0.1) is 25.5 Å². The van der Waals surface area contributed by atoms with Crippen LogP contribution in [0.15, 0.2) is 34.8 Å². The monoisotopic (exact) mass is 326 g/mol. The molecule has 1 atom stereocenters. The molecule has 0 aliphatic rings. The van der Waals surface area contributed by atoms with Crippen molar-refractivity contribution in [3.63, 3.8) is 0 Å². The third-order valence-corrected chi connectivity index (χ3v) is 3.73. The highest BCUT2D eigenvalue weighted by molar-refractivity contribution is 9.10. The van der Waals surface area contributed by atoms with E-state index >= 15 is 0 Å². The summed E-state index contributed by atoms with van der Waals surface area (Å²) >= 11 is 3.24. The Kier molecular flexibility index (Phi) is 4.02. The van der Waals surface area contributed by atoms with E-state index in [2.05, 4.69) is 15.9 Å². The number of aliphatic hydroxyl groups is 1. The first-order valence-electron chi connectivity index (χ1n) is 5.80. The average molecular weight is 327 g/mol. The lowest BCUT2D eigenvalue weighted by atomic mass is 9.95. The Morgan fingerprint density at radius 1 is 1.11 bits per heavy atom. The van der Waals surface area contributed by atoms with Crippen molar-refractivity contribution in [2.75, 3.05) is 0 Å². The van der Waals surface area contributed by atoms with Crippen molar-refractivity contribution in [3.05, 3.63) is 68.7 Å². The van der Waals surface area contributed by atoms with Crippen LogP contribution in [-0.2, 0) is 0 Å². The maximum atomic E-state index is 14.0. The maximum absolute atomic E-state index is 14.0. The summed E-state index contributed by atoms with van der Waals surface area (Å²) in [5.41, 5.74) is 1.91. The third kappa shape index (κ3) is 2.85. The van der Waals surface area contributed by atoms with Gasteiger partial charge in [0.2, 0.25) is 0 Å². The Bertz CT molecular complexity index is 603. The predicted octanol–water partition coefficient (Wildman–Crippen LogP) is 4.43. The molecule has 2 rings (SSSR count). The van der Waals surface area contributed by atoms with E-state index in [1.807, 2.05) is 0 Å². The molecule has 0 spiro atoms. The number of halogens is 3. The second kappa shape index (κ2) is 5.39. The van der Waals surface area contributed by atoms with Gasteiger partial charge in [-0.3, -0.25) is 0 Å². The van der Waals surface area contributed by atoms with Crippen LogP contribution in [0.1, 0.15) is 28.4 Å². The maximum Gasteiger partial charge on any atom is 0.129 e. The third-order valence-electron chi connectivity index (χ3n) is 3.01. The fourth-order valence-corrected chi connectivity index (χ4v) is 2.62. The molecule has 0 saturated carbocycles. The quantitative estimate of drug-likeness (QED) is 0.865. The summed E-state index contributed by atoms with van der Waals surface area (Å²) in [6.07, 6.45) is -1.20. The van der Waals surface area contributed by atoms with Crippen LogP contribution >= 0.6 is 15.9 Å². The molecule has 1 nitrogen and oxygen atoms in total. The SMILES string of the molecule is Cc1cc(C)c(C(O)c2cc(F)ccc2Br)c(F)c1. The predicted molar refractivity (Wildman–Crippen MR) is 74.0 cm³/mol. The summed E-state index contributed by atoms with van der Waals surface area (Å²) in [7, 11) is 0. The molecule has 2 aromatic rings. The Morgan fingerprint density at radius 2 is 1.79 bits per heavy atom. The molecule has 0 aliphatic heterocycles. The minimum absolute atomic E-state index is 0.178. The Hall–Kier alpha value is -1.26. The molecular formula is C15H13BrF2O. The van der Waals surface area contributed by atoms with Gasteiger partial charge in [-0.25, -0.2) is 8.78 Å². The van der Waals surface area contributed by atoms with Gasteiger partial charge in [0.25, 0.3) is 0 Å². The van der Waals surface area contributed by atoms with E-state index in [4.69, 9.17) is 0 Å². The Balaban J connectivity index is 2.56. The minimum Gasteiger partial charge on any atom is -0.383 e. The van der Waals surface area contributed by atoms with Crippen LogP contribution in [-0.4, -0.2) is 5.11 Å². The van der Waals surface area contributed by atoms with Crippen LogP contribution < -0.4 is 0 Å². The van der Waals surface area contributed by atoms with E-state index in [1.165, 1.54) is 24.3 Å². The highest BCUT2D eigenvalue weighted by Crippen LogP contribution is 2.32. The Labute approximate surface area is 119 Å². The van der Waals surface area contributed by atoms with Gasteiger partial charge in [-0.05, 0) is 49.2 Å². The first kappa shape index (κ1) is 14.2. The molecule has 1 N–H and O–H groups in total. The molecule has 100 valence electrons. The van der Waals surface area contributed by atoms with E-state index in [-0.39, 0.29) is 5.56 Å². The van der Waals surface area contributed by atoms with Crippen molar-refractivity contribution >= 4 is 15.9 Å². The zero-order valence-corrected chi connectivity index (χ0v) is 12.1. The van der Waals surface area contributed by atoms with Crippen molar-refractivity contribution < 1.29 is 13.9 Å². The summed E-state index contributed by atoms with van der Waals surface area (Å²) in [5, 5.41) is 10.3. The number of hydrogen-bond donors (Lipinski definition) is 1. The molecule has 0 aliphatic carbocycles. The van der Waals surface area contributed by atoms with Gasteiger partial charge >= 0.3 is 0 Å². The zero-order valence-electron chi connectivity index (χ0n) is 10.5. The molecule has 0 bridgehead atoms. The van der Waals surface area contributed by atoms with Crippen LogP contribution in [0.2, 0.25) is 0 Å². The number of aryl methyl sites for hydroxylation is 2. The van der Waals surface area contributed by atoms with Gasteiger partial charge in [-0.15, -0.1) is 0 Å². The number of hydrogen-bond acceptors (Lipinski definition) is 1. The zero-order chi connectivity index (χ0) is 14.2. The number of aliphatic hydroxyl groups excluding tert-OH is 1. The van der Waals surface area contributed by atoms with Gasteiger partial charge in [0.1, 0.15) is 17.7 Å². The van der Waals surface area contributed by atoms with Gasteiger partial charge in [-0.2, -0.15) is 0 Å².